The summed E-state index contributed by atoms with van der Waals surface area (Å²) in [7, 11) is 0. The molecule has 0 spiro atoms. The van der Waals surface area contributed by atoms with Crippen LogP contribution in [0, 0.1) is 0 Å². The van der Waals surface area contributed by atoms with Crippen LogP contribution in [0.25, 0.3) is 11.5 Å². The predicted octanol–water partition coefficient (Wildman–Crippen LogP) is 4.34. The van der Waals surface area contributed by atoms with Crippen molar-refractivity contribution in [2.24, 2.45) is 0 Å². The van der Waals surface area contributed by atoms with E-state index in [1.807, 2.05) is 42.5 Å². The first-order valence-electron chi connectivity index (χ1n) is 6.23. The Balaban J connectivity index is 1.69. The first-order valence-corrected chi connectivity index (χ1v) is 7.21. The first kappa shape index (κ1) is 12.8. The summed E-state index contributed by atoms with van der Waals surface area (Å²) < 4.78 is 5.49. The van der Waals surface area contributed by atoms with Gasteiger partial charge in [0.15, 0.2) is 0 Å². The average Bonchev–Trinajstić information content (AvgIpc) is 2.95. The van der Waals surface area contributed by atoms with Gasteiger partial charge in [0.1, 0.15) is 12.0 Å². The van der Waals surface area contributed by atoms with Crippen molar-refractivity contribution in [2.75, 3.05) is 0 Å². The molecule has 1 aromatic heterocycles. The van der Waals surface area contributed by atoms with Gasteiger partial charge in [-0.2, -0.15) is 0 Å². The fourth-order valence-electron chi connectivity index (χ4n) is 1.82. The number of aromatic nitrogens is 1. The second-order valence-corrected chi connectivity index (χ2v) is 5.34. The molecule has 3 rings (SSSR count). The molecular formula is C16H13NO2S. The smallest absolute Gasteiger partial charge is 0.226 e. The zero-order valence-electron chi connectivity index (χ0n) is 10.7. The van der Waals surface area contributed by atoms with Crippen molar-refractivity contribution in [3.63, 3.8) is 0 Å². The lowest BCUT2D eigenvalue weighted by Crippen LogP contribution is -1.82. The van der Waals surface area contributed by atoms with Gasteiger partial charge in [0, 0.05) is 16.2 Å². The maximum Gasteiger partial charge on any atom is 0.226 e. The fraction of sp³-hybridized carbons (Fsp3) is 0.0625. The lowest BCUT2D eigenvalue weighted by Gasteiger charge is -1.99. The Kier molecular flexibility index (Phi) is 3.74. The van der Waals surface area contributed by atoms with Crippen LogP contribution in [-0.4, -0.2) is 10.1 Å². The van der Waals surface area contributed by atoms with Gasteiger partial charge in [-0.15, -0.1) is 11.8 Å². The number of thioether (sulfide) groups is 1. The summed E-state index contributed by atoms with van der Waals surface area (Å²) in [5, 5.41) is 9.42. The Morgan fingerprint density at radius 3 is 2.70 bits per heavy atom. The minimum Gasteiger partial charge on any atom is -0.508 e. The summed E-state index contributed by atoms with van der Waals surface area (Å²) in [5.41, 5.74) is 1.86. The van der Waals surface area contributed by atoms with Crippen molar-refractivity contribution in [3.05, 3.63) is 66.6 Å². The highest BCUT2D eigenvalue weighted by Crippen LogP contribution is 2.26. The number of phenolic OH excluding ortho intramolecular Hbond substituents is 1. The number of benzene rings is 2. The second kappa shape index (κ2) is 5.84. The summed E-state index contributed by atoms with van der Waals surface area (Å²) >= 11 is 1.61. The SMILES string of the molecule is Oc1cccc(SCc2coc(-c3ccccc3)n2)c1. The molecule has 1 N–H and O–H groups in total. The zero-order chi connectivity index (χ0) is 13.8. The van der Waals surface area contributed by atoms with Crippen LogP contribution in [0.3, 0.4) is 0 Å². The van der Waals surface area contributed by atoms with E-state index in [1.54, 1.807) is 30.2 Å². The maximum atomic E-state index is 9.42. The summed E-state index contributed by atoms with van der Waals surface area (Å²) in [6, 6.07) is 17.0. The molecular weight excluding hydrogens is 270 g/mol. The first-order chi connectivity index (χ1) is 9.81. The van der Waals surface area contributed by atoms with Crippen LogP contribution in [0.5, 0.6) is 5.75 Å². The molecule has 0 bridgehead atoms. The molecule has 100 valence electrons. The highest BCUT2D eigenvalue weighted by Gasteiger charge is 2.06. The van der Waals surface area contributed by atoms with Crippen LogP contribution in [-0.2, 0) is 5.75 Å². The molecule has 0 saturated carbocycles. The fourth-order valence-corrected chi connectivity index (χ4v) is 2.64. The Hall–Kier alpha value is -2.20. The summed E-state index contributed by atoms with van der Waals surface area (Å²) in [6.07, 6.45) is 1.68. The van der Waals surface area contributed by atoms with Crippen LogP contribution in [0.2, 0.25) is 0 Å². The van der Waals surface area contributed by atoms with E-state index in [0.29, 0.717) is 11.6 Å². The van der Waals surface area contributed by atoms with Crippen molar-refractivity contribution in [2.45, 2.75) is 10.6 Å². The molecule has 0 atom stereocenters. The number of phenols is 1. The van der Waals surface area contributed by atoms with Gasteiger partial charge in [0.05, 0.1) is 5.69 Å². The molecule has 0 aliphatic rings. The van der Waals surface area contributed by atoms with Crippen LogP contribution >= 0.6 is 11.8 Å². The normalized spacial score (nSPS) is 10.6. The number of aromatic hydroxyl groups is 1. The van der Waals surface area contributed by atoms with Gasteiger partial charge in [-0.3, -0.25) is 0 Å². The molecule has 0 unspecified atom stereocenters. The monoisotopic (exact) mass is 283 g/mol. The molecule has 3 aromatic rings. The highest BCUT2D eigenvalue weighted by atomic mass is 32.2. The topological polar surface area (TPSA) is 46.3 Å². The summed E-state index contributed by atoms with van der Waals surface area (Å²) in [5.74, 6) is 1.62. The lowest BCUT2D eigenvalue weighted by atomic mass is 10.2. The Morgan fingerprint density at radius 1 is 1.05 bits per heavy atom. The molecule has 0 aliphatic carbocycles. The van der Waals surface area contributed by atoms with Crippen LogP contribution < -0.4 is 0 Å². The summed E-state index contributed by atoms with van der Waals surface area (Å²) in [4.78, 5) is 5.48. The number of rotatable bonds is 4. The van der Waals surface area contributed by atoms with Crippen molar-refractivity contribution in [1.82, 2.24) is 4.98 Å². The van der Waals surface area contributed by atoms with E-state index in [2.05, 4.69) is 4.98 Å². The van der Waals surface area contributed by atoms with E-state index in [9.17, 15) is 5.11 Å². The second-order valence-electron chi connectivity index (χ2n) is 4.30. The van der Waals surface area contributed by atoms with E-state index in [4.69, 9.17) is 4.42 Å². The van der Waals surface area contributed by atoms with E-state index >= 15 is 0 Å². The molecule has 0 amide bonds. The average molecular weight is 283 g/mol. The molecule has 0 radical (unpaired) electrons. The third kappa shape index (κ3) is 3.03. The summed E-state index contributed by atoms with van der Waals surface area (Å²) in [6.45, 7) is 0. The molecule has 3 nitrogen and oxygen atoms in total. The van der Waals surface area contributed by atoms with Gasteiger partial charge in [0.25, 0.3) is 0 Å². The molecule has 20 heavy (non-hydrogen) atoms. The molecule has 4 heteroatoms. The third-order valence-corrected chi connectivity index (χ3v) is 3.80. The lowest BCUT2D eigenvalue weighted by molar-refractivity contribution is 0.474. The van der Waals surface area contributed by atoms with Gasteiger partial charge in [-0.1, -0.05) is 24.3 Å². The minimum atomic E-state index is 0.278. The van der Waals surface area contributed by atoms with Crippen LogP contribution in [0.15, 0.2) is 70.2 Å². The number of hydrogen-bond donors (Lipinski definition) is 1. The van der Waals surface area contributed by atoms with Gasteiger partial charge < -0.3 is 9.52 Å². The van der Waals surface area contributed by atoms with Crippen molar-refractivity contribution in [3.8, 4) is 17.2 Å². The predicted molar refractivity (Wildman–Crippen MR) is 79.6 cm³/mol. The standard InChI is InChI=1S/C16H13NO2S/c18-14-7-4-8-15(9-14)20-11-13-10-19-16(17-13)12-5-2-1-3-6-12/h1-10,18H,11H2. The molecule has 0 saturated heterocycles. The number of hydrogen-bond acceptors (Lipinski definition) is 4. The zero-order valence-corrected chi connectivity index (χ0v) is 11.5. The van der Waals surface area contributed by atoms with E-state index in [0.717, 1.165) is 16.2 Å². The van der Waals surface area contributed by atoms with E-state index in [1.165, 1.54) is 0 Å². The quantitative estimate of drug-likeness (QED) is 0.723. The molecule has 0 aliphatic heterocycles. The number of nitrogens with zero attached hydrogens (tertiary/aromatic N) is 1. The van der Waals surface area contributed by atoms with Gasteiger partial charge in [-0.05, 0) is 30.3 Å². The van der Waals surface area contributed by atoms with Crippen molar-refractivity contribution < 1.29 is 9.52 Å². The molecule has 2 aromatic carbocycles. The van der Waals surface area contributed by atoms with Crippen LogP contribution in [0.4, 0.5) is 0 Å². The maximum absolute atomic E-state index is 9.42. The minimum absolute atomic E-state index is 0.278. The Labute approximate surface area is 121 Å². The Morgan fingerprint density at radius 2 is 1.90 bits per heavy atom. The largest absolute Gasteiger partial charge is 0.508 e. The Bertz CT molecular complexity index is 694. The van der Waals surface area contributed by atoms with E-state index in [-0.39, 0.29) is 5.75 Å². The van der Waals surface area contributed by atoms with Gasteiger partial charge >= 0.3 is 0 Å². The van der Waals surface area contributed by atoms with E-state index < -0.39 is 0 Å². The highest BCUT2D eigenvalue weighted by molar-refractivity contribution is 7.98. The van der Waals surface area contributed by atoms with Crippen molar-refractivity contribution in [1.29, 1.82) is 0 Å². The molecule has 1 heterocycles. The van der Waals surface area contributed by atoms with Gasteiger partial charge in [0.2, 0.25) is 5.89 Å². The molecule has 0 fully saturated rings. The third-order valence-electron chi connectivity index (χ3n) is 2.78. The van der Waals surface area contributed by atoms with Gasteiger partial charge in [-0.25, -0.2) is 4.98 Å². The van der Waals surface area contributed by atoms with Crippen molar-refractivity contribution >= 4 is 11.8 Å². The number of oxazole rings is 1. The van der Waals surface area contributed by atoms with Crippen LogP contribution in [0.1, 0.15) is 5.69 Å².